The number of pyridine rings is 1. The monoisotopic (exact) mass is 255 g/mol. The van der Waals surface area contributed by atoms with Gasteiger partial charge < -0.3 is 0 Å². The molecule has 0 N–H and O–H groups in total. The van der Waals surface area contributed by atoms with Crippen LogP contribution in [0.3, 0.4) is 0 Å². The van der Waals surface area contributed by atoms with Crippen molar-refractivity contribution in [3.05, 3.63) is 52.7 Å². The zero-order valence-electron chi connectivity index (χ0n) is 9.62. The Labute approximate surface area is 107 Å². The molecule has 0 aliphatic carbocycles. The quantitative estimate of drug-likeness (QED) is 0.660. The highest BCUT2D eigenvalue weighted by atomic mass is 32.1. The van der Waals surface area contributed by atoms with E-state index < -0.39 is 0 Å². The summed E-state index contributed by atoms with van der Waals surface area (Å²) in [5.74, 6) is -0.105. The molecule has 0 amide bonds. The van der Waals surface area contributed by atoms with Crippen molar-refractivity contribution in [1.29, 1.82) is 0 Å². The van der Waals surface area contributed by atoms with Crippen molar-refractivity contribution in [1.82, 2.24) is 14.6 Å². The molecule has 0 aliphatic rings. The number of hydrogen-bond donors (Lipinski definition) is 0. The Morgan fingerprint density at radius 1 is 1.22 bits per heavy atom. The van der Waals surface area contributed by atoms with E-state index in [-0.39, 0.29) is 5.78 Å². The lowest BCUT2D eigenvalue weighted by atomic mass is 10.1. The highest BCUT2D eigenvalue weighted by Crippen LogP contribution is 2.17. The Balaban J connectivity index is 2.09. The second-order valence-electron chi connectivity index (χ2n) is 3.98. The van der Waals surface area contributed by atoms with E-state index in [0.717, 1.165) is 16.6 Å². The highest BCUT2D eigenvalue weighted by Gasteiger charge is 2.12. The van der Waals surface area contributed by atoms with Crippen molar-refractivity contribution >= 4 is 28.2 Å². The molecule has 1 aromatic carbocycles. The van der Waals surface area contributed by atoms with Crippen LogP contribution in [-0.4, -0.2) is 20.4 Å². The summed E-state index contributed by atoms with van der Waals surface area (Å²) in [6.07, 6.45) is 0. The van der Waals surface area contributed by atoms with E-state index in [9.17, 15) is 4.79 Å². The predicted molar refractivity (Wildman–Crippen MR) is 69.8 cm³/mol. The smallest absolute Gasteiger partial charge is 0.214 e. The van der Waals surface area contributed by atoms with Gasteiger partial charge in [-0.05, 0) is 42.7 Å². The van der Waals surface area contributed by atoms with Gasteiger partial charge >= 0.3 is 0 Å². The maximum Gasteiger partial charge on any atom is 0.214 e. The van der Waals surface area contributed by atoms with Gasteiger partial charge in [0.15, 0.2) is 0 Å². The molecular weight excluding hydrogens is 246 g/mol. The molecule has 0 spiro atoms. The van der Waals surface area contributed by atoms with Crippen LogP contribution in [0.4, 0.5) is 0 Å². The minimum absolute atomic E-state index is 0.105. The molecule has 88 valence electrons. The van der Waals surface area contributed by atoms with Crippen LogP contribution in [0.1, 0.15) is 21.7 Å². The number of ketones is 1. The lowest BCUT2D eigenvalue weighted by Crippen LogP contribution is -2.01. The fourth-order valence-electron chi connectivity index (χ4n) is 1.78. The second kappa shape index (κ2) is 4.27. The molecule has 2 heterocycles. The number of benzene rings is 1. The summed E-state index contributed by atoms with van der Waals surface area (Å²) in [5, 5.41) is 6.40. The van der Waals surface area contributed by atoms with Crippen LogP contribution in [0, 0.1) is 6.92 Å². The molecule has 0 fully saturated rings. The standard InChI is InChI=1S/C13H9N3OS/c1-8-2-3-9-6-10(4-5-11(9)14-8)13(17)12-7-18-16-15-12/h2-7H,1H3. The van der Waals surface area contributed by atoms with Crippen molar-refractivity contribution in [3.63, 3.8) is 0 Å². The summed E-state index contributed by atoms with van der Waals surface area (Å²) in [6.45, 7) is 1.94. The van der Waals surface area contributed by atoms with E-state index in [1.165, 1.54) is 11.5 Å². The van der Waals surface area contributed by atoms with Gasteiger partial charge in [0.1, 0.15) is 5.69 Å². The third-order valence-electron chi connectivity index (χ3n) is 2.68. The van der Waals surface area contributed by atoms with Crippen LogP contribution in [0.15, 0.2) is 35.7 Å². The topological polar surface area (TPSA) is 55.7 Å². The summed E-state index contributed by atoms with van der Waals surface area (Å²) < 4.78 is 3.70. The van der Waals surface area contributed by atoms with E-state index >= 15 is 0 Å². The first-order valence-electron chi connectivity index (χ1n) is 5.43. The molecule has 0 radical (unpaired) electrons. The number of carbonyl (C=O) groups is 1. The van der Waals surface area contributed by atoms with Gasteiger partial charge in [-0.25, -0.2) is 0 Å². The second-order valence-corrected chi connectivity index (χ2v) is 4.59. The predicted octanol–water partition coefficient (Wildman–Crippen LogP) is 2.63. The zero-order valence-corrected chi connectivity index (χ0v) is 10.4. The molecule has 18 heavy (non-hydrogen) atoms. The first-order chi connectivity index (χ1) is 8.74. The van der Waals surface area contributed by atoms with Crippen LogP contribution in [0.5, 0.6) is 0 Å². The fourth-order valence-corrected chi connectivity index (χ4v) is 2.22. The molecule has 0 saturated carbocycles. The summed E-state index contributed by atoms with van der Waals surface area (Å²) in [7, 11) is 0. The summed E-state index contributed by atoms with van der Waals surface area (Å²) in [5.41, 5.74) is 2.86. The van der Waals surface area contributed by atoms with Crippen LogP contribution < -0.4 is 0 Å². The van der Waals surface area contributed by atoms with E-state index in [2.05, 4.69) is 14.6 Å². The largest absolute Gasteiger partial charge is 0.287 e. The minimum atomic E-state index is -0.105. The molecule has 0 unspecified atom stereocenters. The van der Waals surface area contributed by atoms with E-state index in [0.29, 0.717) is 11.3 Å². The molecule has 0 saturated heterocycles. The van der Waals surface area contributed by atoms with E-state index in [1.807, 2.05) is 31.2 Å². The number of rotatable bonds is 2. The van der Waals surface area contributed by atoms with E-state index in [4.69, 9.17) is 0 Å². The Bertz CT molecular complexity index is 722. The molecule has 3 rings (SSSR count). The van der Waals surface area contributed by atoms with Crippen molar-refractivity contribution < 1.29 is 4.79 Å². The van der Waals surface area contributed by atoms with Gasteiger partial charge in [0.2, 0.25) is 5.78 Å². The molecule has 4 nitrogen and oxygen atoms in total. The number of aryl methyl sites for hydroxylation is 1. The minimum Gasteiger partial charge on any atom is -0.287 e. The van der Waals surface area contributed by atoms with Gasteiger partial charge in [-0.3, -0.25) is 9.78 Å². The Morgan fingerprint density at radius 3 is 2.89 bits per heavy atom. The van der Waals surface area contributed by atoms with Gasteiger partial charge in [-0.15, -0.1) is 5.10 Å². The van der Waals surface area contributed by atoms with Gasteiger partial charge in [0, 0.05) is 22.0 Å². The lowest BCUT2D eigenvalue weighted by Gasteiger charge is -2.01. The average molecular weight is 255 g/mol. The number of nitrogens with zero attached hydrogens (tertiary/aromatic N) is 3. The first-order valence-corrected chi connectivity index (χ1v) is 6.27. The highest BCUT2D eigenvalue weighted by molar-refractivity contribution is 7.03. The number of carbonyl (C=O) groups excluding carboxylic acids is 1. The summed E-state index contributed by atoms with van der Waals surface area (Å²) in [6, 6.07) is 9.37. The van der Waals surface area contributed by atoms with Crippen molar-refractivity contribution in [2.24, 2.45) is 0 Å². The number of hydrogen-bond acceptors (Lipinski definition) is 5. The zero-order chi connectivity index (χ0) is 12.5. The first kappa shape index (κ1) is 11.0. The number of aromatic nitrogens is 3. The fraction of sp³-hybridized carbons (Fsp3) is 0.0769. The molecule has 0 bridgehead atoms. The maximum atomic E-state index is 12.1. The van der Waals surface area contributed by atoms with Crippen molar-refractivity contribution in [3.8, 4) is 0 Å². The molecule has 0 atom stereocenters. The SMILES string of the molecule is Cc1ccc2cc(C(=O)c3csnn3)ccc2n1. The molecule has 0 aliphatic heterocycles. The normalized spacial score (nSPS) is 10.7. The summed E-state index contributed by atoms with van der Waals surface area (Å²) in [4.78, 5) is 16.5. The van der Waals surface area contributed by atoms with Crippen molar-refractivity contribution in [2.45, 2.75) is 6.92 Å². The van der Waals surface area contributed by atoms with Crippen LogP contribution >= 0.6 is 11.5 Å². The summed E-state index contributed by atoms with van der Waals surface area (Å²) >= 11 is 1.17. The molecular formula is C13H9N3OS. The molecule has 2 aromatic heterocycles. The Hall–Kier alpha value is -2.14. The van der Waals surface area contributed by atoms with Gasteiger partial charge in [-0.1, -0.05) is 10.6 Å². The Kier molecular flexibility index (Phi) is 2.60. The Morgan fingerprint density at radius 2 is 2.11 bits per heavy atom. The maximum absolute atomic E-state index is 12.1. The van der Waals surface area contributed by atoms with Crippen LogP contribution in [0.2, 0.25) is 0 Å². The lowest BCUT2D eigenvalue weighted by molar-refractivity contribution is 0.103. The third kappa shape index (κ3) is 1.89. The van der Waals surface area contributed by atoms with Crippen molar-refractivity contribution in [2.75, 3.05) is 0 Å². The third-order valence-corrected chi connectivity index (χ3v) is 3.19. The molecule has 5 heteroatoms. The van der Waals surface area contributed by atoms with Gasteiger partial charge in [-0.2, -0.15) is 0 Å². The van der Waals surface area contributed by atoms with E-state index in [1.54, 1.807) is 11.4 Å². The van der Waals surface area contributed by atoms with Crippen LogP contribution in [0.25, 0.3) is 10.9 Å². The molecule has 3 aromatic rings. The number of fused-ring (bicyclic) bond motifs is 1. The average Bonchev–Trinajstić information content (AvgIpc) is 2.91. The van der Waals surface area contributed by atoms with Gasteiger partial charge in [0.05, 0.1) is 5.52 Å². The van der Waals surface area contributed by atoms with Crippen LogP contribution in [-0.2, 0) is 0 Å². The van der Waals surface area contributed by atoms with Gasteiger partial charge in [0.25, 0.3) is 0 Å².